The van der Waals surface area contributed by atoms with Crippen molar-refractivity contribution in [3.8, 4) is 6.07 Å². The number of amides is 1. The van der Waals surface area contributed by atoms with Crippen LogP contribution in [0, 0.1) is 11.3 Å². The first-order valence-electron chi connectivity index (χ1n) is 7.45. The lowest BCUT2D eigenvalue weighted by Gasteiger charge is -2.25. The molecule has 1 atom stereocenters. The Morgan fingerprint density at radius 2 is 1.86 bits per heavy atom. The smallest absolute Gasteiger partial charge is 0.279 e. The molecule has 2 aromatic carbocycles. The lowest BCUT2D eigenvalue weighted by molar-refractivity contribution is -0.907. The van der Waals surface area contributed by atoms with Crippen LogP contribution >= 0.6 is 0 Å². The summed E-state index contributed by atoms with van der Waals surface area (Å²) in [5.41, 5.74) is 3.80. The maximum atomic E-state index is 12.2. The number of anilines is 1. The molecule has 0 bridgehead atoms. The van der Waals surface area contributed by atoms with Crippen molar-refractivity contribution >= 4 is 11.6 Å². The molecular formula is C18H18N3O+. The van der Waals surface area contributed by atoms with Crippen molar-refractivity contribution in [3.05, 3.63) is 65.2 Å². The number of nitrogens with one attached hydrogen (secondary N) is 2. The van der Waals surface area contributed by atoms with Crippen LogP contribution in [0.3, 0.4) is 0 Å². The Labute approximate surface area is 130 Å². The van der Waals surface area contributed by atoms with Gasteiger partial charge in [-0.15, -0.1) is 0 Å². The third-order valence-corrected chi connectivity index (χ3v) is 4.04. The van der Waals surface area contributed by atoms with Crippen LogP contribution in [0.25, 0.3) is 0 Å². The highest BCUT2D eigenvalue weighted by atomic mass is 16.2. The van der Waals surface area contributed by atoms with Crippen LogP contribution in [-0.4, -0.2) is 19.0 Å². The van der Waals surface area contributed by atoms with E-state index in [4.69, 9.17) is 5.26 Å². The molecule has 1 unspecified atom stereocenters. The molecule has 4 heteroatoms. The molecule has 0 fully saturated rings. The molecule has 22 heavy (non-hydrogen) atoms. The number of rotatable bonds is 3. The molecule has 1 heterocycles. The van der Waals surface area contributed by atoms with E-state index in [1.807, 2.05) is 12.1 Å². The van der Waals surface area contributed by atoms with E-state index in [-0.39, 0.29) is 5.91 Å². The monoisotopic (exact) mass is 292 g/mol. The van der Waals surface area contributed by atoms with Gasteiger partial charge in [0.2, 0.25) is 0 Å². The van der Waals surface area contributed by atoms with Gasteiger partial charge in [0.05, 0.1) is 17.8 Å². The van der Waals surface area contributed by atoms with Gasteiger partial charge in [-0.25, -0.2) is 0 Å². The molecular weight excluding hydrogens is 274 g/mol. The minimum Gasteiger partial charge on any atom is -0.323 e. The molecule has 0 saturated carbocycles. The average Bonchev–Trinajstić information content (AvgIpc) is 2.55. The van der Waals surface area contributed by atoms with Crippen molar-refractivity contribution in [2.24, 2.45) is 0 Å². The average molecular weight is 292 g/mol. The van der Waals surface area contributed by atoms with Gasteiger partial charge in [0.1, 0.15) is 12.6 Å². The van der Waals surface area contributed by atoms with Gasteiger partial charge in [-0.2, -0.15) is 5.26 Å². The Morgan fingerprint density at radius 1 is 1.14 bits per heavy atom. The third kappa shape index (κ3) is 3.16. The molecule has 2 aromatic rings. The summed E-state index contributed by atoms with van der Waals surface area (Å²) in [5.74, 6) is -0.0444. The topological polar surface area (TPSA) is 57.3 Å². The fraction of sp³-hybridized carbons (Fsp3) is 0.222. The van der Waals surface area contributed by atoms with E-state index in [0.717, 1.165) is 19.5 Å². The van der Waals surface area contributed by atoms with Crippen molar-refractivity contribution in [1.29, 1.82) is 5.26 Å². The Morgan fingerprint density at radius 3 is 2.68 bits per heavy atom. The zero-order chi connectivity index (χ0) is 15.4. The van der Waals surface area contributed by atoms with Crippen molar-refractivity contribution in [1.82, 2.24) is 0 Å². The second-order valence-corrected chi connectivity index (χ2v) is 5.58. The first-order valence-corrected chi connectivity index (χ1v) is 7.45. The van der Waals surface area contributed by atoms with Crippen LogP contribution in [0.1, 0.15) is 16.7 Å². The van der Waals surface area contributed by atoms with E-state index in [1.54, 1.807) is 18.2 Å². The van der Waals surface area contributed by atoms with Crippen LogP contribution in [0.5, 0.6) is 0 Å². The number of benzene rings is 2. The van der Waals surface area contributed by atoms with Crippen LogP contribution in [-0.2, 0) is 17.8 Å². The quantitative estimate of drug-likeness (QED) is 0.891. The minimum absolute atomic E-state index is 0.0444. The summed E-state index contributed by atoms with van der Waals surface area (Å²) in [6.45, 7) is 2.27. The standard InChI is InChI=1S/C18H17N3O/c19-11-15-6-3-4-8-17(15)20-18(22)13-21-10-9-14-5-1-2-7-16(14)12-21/h1-8H,9-10,12-13H2,(H,20,22)/p+1. The number of nitrogens with zero attached hydrogens (tertiary/aromatic N) is 1. The Bertz CT molecular complexity index is 733. The minimum atomic E-state index is -0.0444. The van der Waals surface area contributed by atoms with Gasteiger partial charge in [-0.1, -0.05) is 36.4 Å². The van der Waals surface area contributed by atoms with Crippen LogP contribution in [0.4, 0.5) is 5.69 Å². The second kappa shape index (κ2) is 6.42. The second-order valence-electron chi connectivity index (χ2n) is 5.58. The molecule has 0 radical (unpaired) electrons. The van der Waals surface area contributed by atoms with Crippen molar-refractivity contribution < 1.29 is 9.69 Å². The fourth-order valence-corrected chi connectivity index (χ4v) is 2.90. The molecule has 2 N–H and O–H groups in total. The van der Waals surface area contributed by atoms with E-state index in [1.165, 1.54) is 16.0 Å². The summed E-state index contributed by atoms with van der Waals surface area (Å²) in [6.07, 6.45) is 1.01. The van der Waals surface area contributed by atoms with E-state index < -0.39 is 0 Å². The predicted octanol–water partition coefficient (Wildman–Crippen LogP) is 1.14. The van der Waals surface area contributed by atoms with Gasteiger partial charge in [0.25, 0.3) is 5.91 Å². The summed E-state index contributed by atoms with van der Waals surface area (Å²) in [4.78, 5) is 13.5. The number of para-hydroxylation sites is 1. The molecule has 0 spiro atoms. The van der Waals surface area contributed by atoms with Gasteiger partial charge in [-0.05, 0) is 17.7 Å². The number of nitriles is 1. The van der Waals surface area contributed by atoms with Crippen molar-refractivity contribution in [2.75, 3.05) is 18.4 Å². The van der Waals surface area contributed by atoms with Crippen molar-refractivity contribution in [2.45, 2.75) is 13.0 Å². The summed E-state index contributed by atoms with van der Waals surface area (Å²) >= 11 is 0. The zero-order valence-corrected chi connectivity index (χ0v) is 12.3. The zero-order valence-electron chi connectivity index (χ0n) is 12.3. The molecule has 0 aliphatic carbocycles. The number of carbonyl (C=O) groups excluding carboxylic acids is 1. The maximum Gasteiger partial charge on any atom is 0.279 e. The predicted molar refractivity (Wildman–Crippen MR) is 84.3 cm³/mol. The molecule has 1 aliphatic rings. The van der Waals surface area contributed by atoms with Crippen molar-refractivity contribution in [3.63, 3.8) is 0 Å². The number of carbonyl (C=O) groups is 1. The van der Waals surface area contributed by atoms with Crippen LogP contribution in [0.15, 0.2) is 48.5 Å². The van der Waals surface area contributed by atoms with Gasteiger partial charge in [0.15, 0.2) is 6.54 Å². The molecule has 4 nitrogen and oxygen atoms in total. The van der Waals surface area contributed by atoms with Gasteiger partial charge >= 0.3 is 0 Å². The lowest BCUT2D eigenvalue weighted by Crippen LogP contribution is -3.12. The fourth-order valence-electron chi connectivity index (χ4n) is 2.90. The summed E-state index contributed by atoms with van der Waals surface area (Å²) in [7, 11) is 0. The lowest BCUT2D eigenvalue weighted by atomic mass is 10.00. The molecule has 1 amide bonds. The van der Waals surface area contributed by atoms with E-state index in [2.05, 4.69) is 29.6 Å². The molecule has 3 rings (SSSR count). The Kier molecular flexibility index (Phi) is 4.17. The van der Waals surface area contributed by atoms with Crippen LogP contribution in [0.2, 0.25) is 0 Å². The number of hydrogen-bond donors (Lipinski definition) is 2. The summed E-state index contributed by atoms with van der Waals surface area (Å²) in [5, 5.41) is 11.9. The van der Waals surface area contributed by atoms with E-state index in [9.17, 15) is 4.79 Å². The number of fused-ring (bicyclic) bond motifs is 1. The Balaban J connectivity index is 1.63. The molecule has 110 valence electrons. The highest BCUT2D eigenvalue weighted by molar-refractivity contribution is 5.92. The maximum absolute atomic E-state index is 12.2. The van der Waals surface area contributed by atoms with E-state index >= 15 is 0 Å². The van der Waals surface area contributed by atoms with E-state index in [0.29, 0.717) is 17.8 Å². The van der Waals surface area contributed by atoms with Crippen LogP contribution < -0.4 is 10.2 Å². The first kappa shape index (κ1) is 14.3. The first-order chi connectivity index (χ1) is 10.8. The Hall–Kier alpha value is -2.64. The molecule has 1 aliphatic heterocycles. The number of quaternary nitrogens is 1. The van der Waals surface area contributed by atoms with Gasteiger partial charge < -0.3 is 10.2 Å². The highest BCUT2D eigenvalue weighted by Crippen LogP contribution is 2.13. The highest BCUT2D eigenvalue weighted by Gasteiger charge is 2.21. The largest absolute Gasteiger partial charge is 0.323 e. The van der Waals surface area contributed by atoms with Gasteiger partial charge in [0, 0.05) is 12.0 Å². The number of hydrogen-bond acceptors (Lipinski definition) is 2. The van der Waals surface area contributed by atoms with Gasteiger partial charge in [-0.3, -0.25) is 4.79 Å². The third-order valence-electron chi connectivity index (χ3n) is 4.04. The molecule has 0 aromatic heterocycles. The summed E-state index contributed by atoms with van der Waals surface area (Å²) < 4.78 is 0. The SMILES string of the molecule is N#Cc1ccccc1NC(=O)C[NH+]1CCc2ccccc2C1. The normalized spacial score (nSPS) is 16.4. The molecule has 0 saturated heterocycles. The summed E-state index contributed by atoms with van der Waals surface area (Å²) in [6, 6.07) is 17.6.